The zero-order chi connectivity index (χ0) is 15.0. The molecule has 0 aromatic carbocycles. The van der Waals surface area contributed by atoms with Crippen LogP contribution in [0, 0.1) is 6.92 Å². The second kappa shape index (κ2) is 5.25. The first-order valence-electron chi connectivity index (χ1n) is 7.16. The number of nitrogens with one attached hydrogen (secondary N) is 1. The molecular weight excluding hydrogens is 290 g/mol. The van der Waals surface area contributed by atoms with Crippen LogP contribution in [0.2, 0.25) is 0 Å². The van der Waals surface area contributed by atoms with E-state index in [0.29, 0.717) is 17.9 Å². The number of anilines is 1. The number of hydrogen-bond donors (Lipinski definition) is 1. The van der Waals surface area contributed by atoms with Gasteiger partial charge in [-0.05, 0) is 19.8 Å². The van der Waals surface area contributed by atoms with E-state index in [2.05, 4.69) is 27.3 Å². The van der Waals surface area contributed by atoms with Crippen LogP contribution >= 0.6 is 0 Å². The number of aromatic nitrogens is 4. The molecule has 1 aliphatic rings. The van der Waals surface area contributed by atoms with Crippen molar-refractivity contribution in [3.05, 3.63) is 12.0 Å². The lowest BCUT2D eigenvalue weighted by Crippen LogP contribution is -2.13. The average molecular weight is 309 g/mol. The summed E-state index contributed by atoms with van der Waals surface area (Å²) in [5, 5.41) is 8.48. The molecular formula is C13H19N5O2S. The van der Waals surface area contributed by atoms with Gasteiger partial charge in [0.15, 0.2) is 15.5 Å². The van der Waals surface area contributed by atoms with Crippen LogP contribution in [0.3, 0.4) is 0 Å². The average Bonchev–Trinajstić information content (AvgIpc) is 2.98. The quantitative estimate of drug-likeness (QED) is 0.916. The molecule has 3 rings (SSSR count). The summed E-state index contributed by atoms with van der Waals surface area (Å²) in [6.07, 6.45) is 3.32. The maximum Gasteiger partial charge on any atom is 0.163 e. The Morgan fingerprint density at radius 3 is 2.90 bits per heavy atom. The number of fused-ring (bicyclic) bond motifs is 1. The molecule has 0 radical (unpaired) electrons. The summed E-state index contributed by atoms with van der Waals surface area (Å²) in [4.78, 5) is 8.86. The van der Waals surface area contributed by atoms with Crippen molar-refractivity contribution < 1.29 is 8.42 Å². The fourth-order valence-corrected chi connectivity index (χ4v) is 4.34. The van der Waals surface area contributed by atoms with Gasteiger partial charge in [-0.25, -0.2) is 23.1 Å². The van der Waals surface area contributed by atoms with E-state index in [1.807, 2.05) is 6.92 Å². The lowest BCUT2D eigenvalue weighted by Gasteiger charge is -2.11. The predicted molar refractivity (Wildman–Crippen MR) is 81.1 cm³/mol. The Morgan fingerprint density at radius 1 is 1.43 bits per heavy atom. The van der Waals surface area contributed by atoms with Gasteiger partial charge in [-0.3, -0.25) is 0 Å². The Morgan fingerprint density at radius 2 is 2.24 bits per heavy atom. The predicted octanol–water partition coefficient (Wildman–Crippen LogP) is 1.32. The molecule has 2 aromatic rings. The first-order valence-corrected chi connectivity index (χ1v) is 8.98. The molecule has 21 heavy (non-hydrogen) atoms. The number of aryl methyl sites for hydroxylation is 1. The van der Waals surface area contributed by atoms with Crippen molar-refractivity contribution in [2.24, 2.45) is 0 Å². The van der Waals surface area contributed by atoms with E-state index in [-0.39, 0.29) is 17.5 Å². The summed E-state index contributed by atoms with van der Waals surface area (Å²) in [6, 6.07) is -0.124. The largest absolute Gasteiger partial charge is 0.369 e. The van der Waals surface area contributed by atoms with Gasteiger partial charge >= 0.3 is 0 Å². The molecule has 0 amide bonds. The van der Waals surface area contributed by atoms with Crippen LogP contribution in [-0.2, 0) is 9.84 Å². The molecule has 2 aromatic heterocycles. The Hall–Kier alpha value is -1.70. The number of hydrogen-bond acceptors (Lipinski definition) is 6. The Kier molecular flexibility index (Phi) is 3.56. The van der Waals surface area contributed by atoms with Gasteiger partial charge in [-0.1, -0.05) is 6.92 Å². The Balaban J connectivity index is 2.04. The number of nitrogens with zero attached hydrogens (tertiary/aromatic N) is 4. The lowest BCUT2D eigenvalue weighted by atomic mass is 10.2. The van der Waals surface area contributed by atoms with Crippen molar-refractivity contribution in [2.45, 2.75) is 32.7 Å². The Labute approximate surface area is 123 Å². The first kappa shape index (κ1) is 14.2. The molecule has 1 unspecified atom stereocenters. The smallest absolute Gasteiger partial charge is 0.163 e. The Bertz CT molecular complexity index is 768. The molecule has 0 spiro atoms. The van der Waals surface area contributed by atoms with E-state index >= 15 is 0 Å². The summed E-state index contributed by atoms with van der Waals surface area (Å²) in [7, 11) is -2.94. The molecule has 1 saturated heterocycles. The third-order valence-electron chi connectivity index (χ3n) is 3.66. The summed E-state index contributed by atoms with van der Waals surface area (Å²) in [6.45, 7) is 4.75. The van der Waals surface area contributed by atoms with E-state index in [1.165, 1.54) is 0 Å². The van der Waals surface area contributed by atoms with Crippen LogP contribution < -0.4 is 5.32 Å². The molecule has 7 nitrogen and oxygen atoms in total. The third kappa shape index (κ3) is 2.72. The van der Waals surface area contributed by atoms with Gasteiger partial charge in [-0.15, -0.1) is 0 Å². The van der Waals surface area contributed by atoms with E-state index in [0.717, 1.165) is 24.2 Å². The monoisotopic (exact) mass is 309 g/mol. The van der Waals surface area contributed by atoms with Gasteiger partial charge in [0.2, 0.25) is 0 Å². The molecule has 1 fully saturated rings. The second-order valence-electron chi connectivity index (χ2n) is 5.43. The van der Waals surface area contributed by atoms with Crippen molar-refractivity contribution in [1.29, 1.82) is 0 Å². The van der Waals surface area contributed by atoms with Gasteiger partial charge in [0.05, 0.1) is 29.1 Å². The van der Waals surface area contributed by atoms with Gasteiger partial charge in [0.1, 0.15) is 11.6 Å². The topological polar surface area (TPSA) is 89.8 Å². The van der Waals surface area contributed by atoms with Crippen molar-refractivity contribution in [3.8, 4) is 0 Å². The lowest BCUT2D eigenvalue weighted by molar-refractivity contribution is 0.511. The molecule has 0 bridgehead atoms. The standard InChI is InChI=1S/C13H19N5O2S/c1-3-5-14-12-11-7-15-18(13(11)17-9(2)16-12)10-4-6-21(19,20)8-10/h7,10H,3-6,8H2,1-2H3,(H,14,16,17). The van der Waals surface area contributed by atoms with Gasteiger partial charge in [0.25, 0.3) is 0 Å². The summed E-state index contributed by atoms with van der Waals surface area (Å²) in [5.41, 5.74) is 0.711. The van der Waals surface area contributed by atoms with Gasteiger partial charge in [-0.2, -0.15) is 5.10 Å². The summed E-state index contributed by atoms with van der Waals surface area (Å²) < 4.78 is 25.1. The van der Waals surface area contributed by atoms with E-state index in [9.17, 15) is 8.42 Å². The van der Waals surface area contributed by atoms with Crippen molar-refractivity contribution in [2.75, 3.05) is 23.4 Å². The number of rotatable bonds is 4. The zero-order valence-electron chi connectivity index (χ0n) is 12.2. The molecule has 8 heteroatoms. The molecule has 1 aliphatic heterocycles. The highest BCUT2D eigenvalue weighted by atomic mass is 32.2. The number of sulfone groups is 1. The van der Waals surface area contributed by atoms with Crippen LogP contribution in [-0.4, -0.2) is 46.2 Å². The minimum atomic E-state index is -2.94. The fraction of sp³-hybridized carbons (Fsp3) is 0.615. The van der Waals surface area contributed by atoms with Crippen molar-refractivity contribution in [1.82, 2.24) is 19.7 Å². The SMILES string of the molecule is CCCNc1nc(C)nc2c1cnn2C1CCS(=O)(=O)C1. The fourth-order valence-electron chi connectivity index (χ4n) is 2.65. The molecule has 114 valence electrons. The summed E-state index contributed by atoms with van der Waals surface area (Å²) in [5.74, 6) is 1.80. The van der Waals surface area contributed by atoms with Crippen LogP contribution in [0.25, 0.3) is 11.0 Å². The highest BCUT2D eigenvalue weighted by Crippen LogP contribution is 2.28. The van der Waals surface area contributed by atoms with Crippen LogP contribution in [0.5, 0.6) is 0 Å². The maximum absolute atomic E-state index is 11.7. The van der Waals surface area contributed by atoms with Crippen molar-refractivity contribution >= 4 is 26.7 Å². The molecule has 0 aliphatic carbocycles. The van der Waals surface area contributed by atoms with E-state index in [1.54, 1.807) is 10.9 Å². The second-order valence-corrected chi connectivity index (χ2v) is 7.66. The first-order chi connectivity index (χ1) is 10.00. The highest BCUT2D eigenvalue weighted by molar-refractivity contribution is 7.91. The molecule has 3 heterocycles. The summed E-state index contributed by atoms with van der Waals surface area (Å²) >= 11 is 0. The normalized spacial score (nSPS) is 21.0. The van der Waals surface area contributed by atoms with Crippen molar-refractivity contribution in [3.63, 3.8) is 0 Å². The maximum atomic E-state index is 11.7. The molecule has 1 atom stereocenters. The molecule has 0 saturated carbocycles. The minimum Gasteiger partial charge on any atom is -0.369 e. The minimum absolute atomic E-state index is 0.124. The zero-order valence-corrected chi connectivity index (χ0v) is 13.0. The van der Waals surface area contributed by atoms with Crippen LogP contribution in [0.1, 0.15) is 31.6 Å². The van der Waals surface area contributed by atoms with E-state index < -0.39 is 9.84 Å². The van der Waals surface area contributed by atoms with Crippen LogP contribution in [0.4, 0.5) is 5.82 Å². The molecule has 1 N–H and O–H groups in total. The van der Waals surface area contributed by atoms with Crippen LogP contribution in [0.15, 0.2) is 6.20 Å². The highest BCUT2D eigenvalue weighted by Gasteiger charge is 2.31. The van der Waals surface area contributed by atoms with Gasteiger partial charge in [0, 0.05) is 6.54 Å². The van der Waals surface area contributed by atoms with Gasteiger partial charge < -0.3 is 5.32 Å². The third-order valence-corrected chi connectivity index (χ3v) is 5.41. The van der Waals surface area contributed by atoms with E-state index in [4.69, 9.17) is 0 Å².